The van der Waals surface area contributed by atoms with Crippen LogP contribution in [-0.2, 0) is 0 Å². The Bertz CT molecular complexity index is 80.1. The molecule has 0 aromatic heterocycles. The number of hydrogen-bond acceptors (Lipinski definition) is 4. The molecule has 0 spiro atoms. The van der Waals surface area contributed by atoms with Crippen molar-refractivity contribution in [3.8, 4) is 0 Å². The summed E-state index contributed by atoms with van der Waals surface area (Å²) >= 11 is 0. The Morgan fingerprint density at radius 2 is 1.60 bits per heavy atom. The van der Waals surface area contributed by atoms with E-state index in [2.05, 4.69) is 11.5 Å². The molecule has 0 aliphatic rings. The number of amides is 2. The van der Waals surface area contributed by atoms with Gasteiger partial charge in [-0.25, -0.2) is 4.79 Å². The molecule has 8 N–H and O–H groups in total. The first-order valence-electron chi connectivity index (χ1n) is 1.35. The largest absolute Gasteiger partial charge is 1.00 e. The monoisotopic (exact) mass is 164 g/mol. The van der Waals surface area contributed by atoms with E-state index < -0.39 is 11.1 Å². The molecule has 10 heavy (non-hydrogen) atoms. The molecule has 0 aliphatic heterocycles. The van der Waals surface area contributed by atoms with Gasteiger partial charge in [0.15, 0.2) is 0 Å². The topological polar surface area (TPSA) is 167 Å². The molecule has 0 fully saturated rings. The summed E-state index contributed by atoms with van der Waals surface area (Å²) in [7, 11) is 0. The van der Waals surface area contributed by atoms with Crippen molar-refractivity contribution < 1.29 is 46.1 Å². The van der Waals surface area contributed by atoms with Gasteiger partial charge in [0.05, 0.1) is 0 Å². The van der Waals surface area contributed by atoms with Crippen molar-refractivity contribution in [3.05, 3.63) is 10.1 Å². The summed E-state index contributed by atoms with van der Waals surface area (Å²) in [4.78, 5) is 17.4. The summed E-state index contributed by atoms with van der Waals surface area (Å²) < 4.78 is 0. The molecule has 0 saturated heterocycles. The quantitative estimate of drug-likeness (QED) is 0.162. The van der Waals surface area contributed by atoms with E-state index >= 15 is 0 Å². The molecule has 0 atom stereocenters. The predicted octanol–water partition coefficient (Wildman–Crippen LogP) is -4.05. The third kappa shape index (κ3) is 945. The molecular weight excluding hydrogens is 155 g/mol. The standard InChI is InChI=1S/CH4N2O.HNO3.H3N.Na.H/c2*2-1(3)4;;;/h(H4,2,3,4);(H,2,3,4);1H3;;/q;;;+1;-1. The van der Waals surface area contributed by atoms with E-state index in [1.807, 2.05) is 0 Å². The van der Waals surface area contributed by atoms with Crippen molar-refractivity contribution in [1.29, 1.82) is 0 Å². The second-order valence-corrected chi connectivity index (χ2v) is 0.640. The summed E-state index contributed by atoms with van der Waals surface area (Å²) in [5.74, 6) is 0. The van der Waals surface area contributed by atoms with Crippen LogP contribution >= 0.6 is 0 Å². The van der Waals surface area contributed by atoms with Crippen LogP contribution in [0.4, 0.5) is 4.79 Å². The Morgan fingerprint density at radius 3 is 1.60 bits per heavy atom. The third-order valence-corrected chi connectivity index (χ3v) is 0. The van der Waals surface area contributed by atoms with E-state index in [0.29, 0.717) is 0 Å². The van der Waals surface area contributed by atoms with Crippen molar-refractivity contribution in [2.75, 3.05) is 0 Å². The number of primary amides is 2. The van der Waals surface area contributed by atoms with Crippen LogP contribution in [0.25, 0.3) is 0 Å². The summed E-state index contributed by atoms with van der Waals surface area (Å²) in [5.41, 5.74) is 8.50. The summed E-state index contributed by atoms with van der Waals surface area (Å²) in [6, 6.07) is -0.833. The van der Waals surface area contributed by atoms with Gasteiger partial charge >= 0.3 is 35.6 Å². The van der Waals surface area contributed by atoms with Crippen LogP contribution in [-0.4, -0.2) is 16.3 Å². The molecule has 0 radical (unpaired) electrons. The van der Waals surface area contributed by atoms with Gasteiger partial charge in [0.25, 0.3) is 5.09 Å². The molecular formula is CH9N4NaO4. The van der Waals surface area contributed by atoms with Gasteiger partial charge in [-0.2, -0.15) is 0 Å². The van der Waals surface area contributed by atoms with Gasteiger partial charge in [-0.3, -0.25) is 0 Å². The van der Waals surface area contributed by atoms with Gasteiger partial charge in [0, 0.05) is 0 Å². The van der Waals surface area contributed by atoms with Crippen molar-refractivity contribution in [1.82, 2.24) is 6.15 Å². The van der Waals surface area contributed by atoms with Crippen molar-refractivity contribution in [2.24, 2.45) is 11.5 Å². The molecule has 58 valence electrons. The van der Waals surface area contributed by atoms with E-state index in [0.717, 1.165) is 0 Å². The normalized spacial score (nSPS) is 4.80. The molecule has 0 rings (SSSR count). The van der Waals surface area contributed by atoms with Crippen molar-refractivity contribution >= 4 is 6.03 Å². The van der Waals surface area contributed by atoms with Gasteiger partial charge in [0.2, 0.25) is 0 Å². The molecule has 2 amide bonds. The van der Waals surface area contributed by atoms with Gasteiger partial charge in [-0.15, -0.1) is 10.1 Å². The first kappa shape index (κ1) is 22.7. The van der Waals surface area contributed by atoms with Crippen LogP contribution < -0.4 is 47.2 Å². The first-order chi connectivity index (χ1) is 3.46. The fourth-order valence-corrected chi connectivity index (χ4v) is 0. The van der Waals surface area contributed by atoms with Crippen LogP contribution in [0.2, 0.25) is 0 Å². The van der Waals surface area contributed by atoms with E-state index in [9.17, 15) is 0 Å². The predicted molar refractivity (Wildman–Crippen MR) is 28.7 cm³/mol. The van der Waals surface area contributed by atoms with Crippen molar-refractivity contribution in [3.63, 3.8) is 0 Å². The zero-order valence-electron chi connectivity index (χ0n) is 6.48. The van der Waals surface area contributed by atoms with E-state index in [4.69, 9.17) is 20.1 Å². The number of nitrogens with zero attached hydrogens (tertiary/aromatic N) is 1. The molecule has 0 saturated carbocycles. The van der Waals surface area contributed by atoms with E-state index in [1.54, 1.807) is 0 Å². The maximum Gasteiger partial charge on any atom is 1.00 e. The van der Waals surface area contributed by atoms with Gasteiger partial charge < -0.3 is 24.3 Å². The third-order valence-electron chi connectivity index (χ3n) is 0. The van der Waals surface area contributed by atoms with Gasteiger partial charge in [-0.1, -0.05) is 0 Å². The smallest absolute Gasteiger partial charge is 1.00 e. The van der Waals surface area contributed by atoms with Gasteiger partial charge in [0.1, 0.15) is 0 Å². The Kier molecular flexibility index (Phi) is 35.9. The van der Waals surface area contributed by atoms with E-state index in [1.165, 1.54) is 0 Å². The molecule has 9 heteroatoms. The first-order valence-corrected chi connectivity index (χ1v) is 1.35. The minimum atomic E-state index is -1.50. The Balaban J connectivity index is -0.0000000171. The average molecular weight is 164 g/mol. The zero-order chi connectivity index (χ0) is 7.15. The minimum absolute atomic E-state index is 0. The molecule has 0 aliphatic carbocycles. The Morgan fingerprint density at radius 1 is 1.60 bits per heavy atom. The summed E-state index contributed by atoms with van der Waals surface area (Å²) in [6.45, 7) is 0. The molecule has 0 aromatic carbocycles. The number of nitrogens with two attached hydrogens (primary N) is 2. The second-order valence-electron chi connectivity index (χ2n) is 0.640. The Hall–Kier alpha value is -0.570. The molecule has 8 nitrogen and oxygen atoms in total. The fourth-order valence-electron chi connectivity index (χ4n) is 0. The van der Waals surface area contributed by atoms with Crippen LogP contribution in [0.15, 0.2) is 0 Å². The molecule has 0 unspecified atom stereocenters. The maximum absolute atomic E-state index is 9.00. The average Bonchev–Trinajstić information content (AvgIpc) is 1.25. The second kappa shape index (κ2) is 15.8. The van der Waals surface area contributed by atoms with Gasteiger partial charge in [-0.05, 0) is 0 Å². The zero-order valence-corrected chi connectivity index (χ0v) is 7.48. The van der Waals surface area contributed by atoms with Crippen molar-refractivity contribution in [2.45, 2.75) is 0 Å². The SMILES string of the molecule is N.NC(N)=O.O=[N+]([O-])O.[H-].[Na+]. The summed E-state index contributed by atoms with van der Waals surface area (Å²) in [6.07, 6.45) is 0. The number of urea groups is 1. The van der Waals surface area contributed by atoms with Crippen LogP contribution in [0.5, 0.6) is 0 Å². The summed E-state index contributed by atoms with van der Waals surface area (Å²) in [5, 5.41) is 13.6. The molecule has 0 bridgehead atoms. The fraction of sp³-hybridized carbons (Fsp3) is 0. The van der Waals surface area contributed by atoms with Crippen LogP contribution in [0.3, 0.4) is 0 Å². The minimum Gasteiger partial charge on any atom is -1.00 e. The van der Waals surface area contributed by atoms with Crippen LogP contribution in [0.1, 0.15) is 1.43 Å². The molecule has 0 heterocycles. The van der Waals surface area contributed by atoms with Crippen LogP contribution in [0, 0.1) is 10.1 Å². The number of hydrogen-bond donors (Lipinski definition) is 4. The number of carbonyl (C=O) groups excluding carboxylic acids is 1. The number of rotatable bonds is 0. The number of carbonyl (C=O) groups is 1. The Labute approximate surface area is 80.0 Å². The maximum atomic E-state index is 9.00. The molecule has 0 aromatic rings. The van der Waals surface area contributed by atoms with E-state index in [-0.39, 0.29) is 37.1 Å².